The second kappa shape index (κ2) is 7.46. The minimum absolute atomic E-state index is 0.0134. The van der Waals surface area contributed by atoms with Crippen molar-refractivity contribution in [1.82, 2.24) is 4.98 Å². The normalized spacial score (nSPS) is 13.8. The van der Waals surface area contributed by atoms with Crippen molar-refractivity contribution in [2.75, 3.05) is 0 Å². The zero-order chi connectivity index (χ0) is 24.5. The van der Waals surface area contributed by atoms with Crippen LogP contribution in [0.3, 0.4) is 0 Å². The van der Waals surface area contributed by atoms with E-state index in [0.29, 0.717) is 11.3 Å². The first-order chi connectivity index (χ1) is 15.8. The Hall–Kier alpha value is -3.08. The maximum absolute atomic E-state index is 13.6. The Morgan fingerprint density at radius 3 is 2.29 bits per heavy atom. The van der Waals surface area contributed by atoms with Gasteiger partial charge in [-0.05, 0) is 58.2 Å². The van der Waals surface area contributed by atoms with Crippen molar-refractivity contribution in [3.63, 3.8) is 0 Å². The third kappa shape index (κ3) is 3.81. The summed E-state index contributed by atoms with van der Waals surface area (Å²) in [5.74, 6) is 1.33. The zero-order valence-electron chi connectivity index (χ0n) is 20.1. The third-order valence-electron chi connectivity index (χ3n) is 6.58. The topological polar surface area (TPSA) is 22.1 Å². The monoisotopic (exact) mass is 463 g/mol. The van der Waals surface area contributed by atoms with Gasteiger partial charge in [-0.25, -0.2) is 0 Å². The molecule has 34 heavy (non-hydrogen) atoms. The fourth-order valence-corrected chi connectivity index (χ4v) is 4.85. The van der Waals surface area contributed by atoms with Gasteiger partial charge in [0.25, 0.3) is 0 Å². The number of benzene rings is 3. The van der Waals surface area contributed by atoms with E-state index in [0.717, 1.165) is 50.5 Å². The standard InChI is InChI=1S/C29H28F3NO/c1-27(2,3)16-22-20-9-7-6-8-18(20)14-21-25-24-19(10-11-33-25)12-17(13-23(24)34-26(21)22)15-28(4,5)29(30,31)32/h6-14H,15-16H2,1-5H3. The lowest BCUT2D eigenvalue weighted by atomic mass is 9.82. The van der Waals surface area contributed by atoms with Crippen LogP contribution in [0.2, 0.25) is 0 Å². The van der Waals surface area contributed by atoms with Gasteiger partial charge in [0.1, 0.15) is 11.5 Å². The summed E-state index contributed by atoms with van der Waals surface area (Å²) in [5.41, 5.74) is 1.62. The van der Waals surface area contributed by atoms with E-state index in [1.807, 2.05) is 24.3 Å². The average molecular weight is 464 g/mol. The first kappa shape index (κ1) is 22.7. The molecule has 5 heteroatoms. The van der Waals surface area contributed by atoms with E-state index in [-0.39, 0.29) is 11.8 Å². The number of hydrogen-bond acceptors (Lipinski definition) is 2. The third-order valence-corrected chi connectivity index (χ3v) is 6.58. The number of aromatic nitrogens is 1. The Bertz CT molecular complexity index is 1430. The molecule has 0 unspecified atom stereocenters. The summed E-state index contributed by atoms with van der Waals surface area (Å²) in [5, 5.41) is 3.93. The Balaban J connectivity index is 1.74. The van der Waals surface area contributed by atoms with Crippen molar-refractivity contribution >= 4 is 21.5 Å². The molecule has 2 nitrogen and oxygen atoms in total. The number of alkyl halides is 3. The smallest absolute Gasteiger partial charge is 0.394 e. The van der Waals surface area contributed by atoms with Gasteiger partial charge in [0, 0.05) is 17.3 Å². The number of pyridine rings is 1. The lowest BCUT2D eigenvalue weighted by Gasteiger charge is -2.29. The van der Waals surface area contributed by atoms with Gasteiger partial charge >= 0.3 is 6.18 Å². The highest BCUT2D eigenvalue weighted by atomic mass is 19.4. The van der Waals surface area contributed by atoms with Crippen LogP contribution in [0.25, 0.3) is 32.8 Å². The van der Waals surface area contributed by atoms with Gasteiger partial charge in [0.15, 0.2) is 0 Å². The Kier molecular flexibility index (Phi) is 4.98. The summed E-state index contributed by atoms with van der Waals surface area (Å²) >= 11 is 0. The van der Waals surface area contributed by atoms with E-state index in [1.54, 1.807) is 12.3 Å². The summed E-state index contributed by atoms with van der Waals surface area (Å²) in [6.45, 7) is 9.05. The molecule has 5 rings (SSSR count). The highest BCUT2D eigenvalue weighted by molar-refractivity contribution is 6.06. The molecule has 0 radical (unpaired) electrons. The fourth-order valence-electron chi connectivity index (χ4n) is 4.85. The van der Waals surface area contributed by atoms with Crippen LogP contribution in [0.5, 0.6) is 11.5 Å². The van der Waals surface area contributed by atoms with Gasteiger partial charge in [0.2, 0.25) is 0 Å². The first-order valence-corrected chi connectivity index (χ1v) is 11.6. The molecule has 0 aliphatic carbocycles. The van der Waals surface area contributed by atoms with E-state index in [1.165, 1.54) is 13.8 Å². The predicted octanol–water partition coefficient (Wildman–Crippen LogP) is 8.88. The summed E-state index contributed by atoms with van der Waals surface area (Å²) in [6.07, 6.45) is -1.90. The largest absolute Gasteiger partial charge is 0.456 e. The second-order valence-corrected chi connectivity index (χ2v) is 11.2. The van der Waals surface area contributed by atoms with Crippen LogP contribution >= 0.6 is 0 Å². The molecule has 0 atom stereocenters. The maximum atomic E-state index is 13.6. The number of fused-ring (bicyclic) bond motifs is 3. The number of hydrogen-bond donors (Lipinski definition) is 0. The minimum Gasteiger partial charge on any atom is -0.456 e. The molecule has 0 amide bonds. The van der Waals surface area contributed by atoms with Crippen LogP contribution in [-0.4, -0.2) is 11.2 Å². The van der Waals surface area contributed by atoms with E-state index in [2.05, 4.69) is 39.0 Å². The highest BCUT2D eigenvalue weighted by Crippen LogP contribution is 2.51. The van der Waals surface area contributed by atoms with Crippen molar-refractivity contribution in [3.05, 3.63) is 65.9 Å². The van der Waals surface area contributed by atoms with Crippen molar-refractivity contribution < 1.29 is 17.9 Å². The molecule has 0 saturated carbocycles. The molecule has 2 heterocycles. The van der Waals surface area contributed by atoms with Gasteiger partial charge in [-0.2, -0.15) is 13.2 Å². The molecule has 3 aromatic carbocycles. The van der Waals surface area contributed by atoms with Gasteiger partial charge in [-0.3, -0.25) is 4.98 Å². The summed E-state index contributed by atoms with van der Waals surface area (Å²) in [7, 11) is 0. The number of ether oxygens (including phenoxy) is 1. The van der Waals surface area contributed by atoms with Crippen molar-refractivity contribution in [3.8, 4) is 22.8 Å². The van der Waals surface area contributed by atoms with E-state index in [9.17, 15) is 13.2 Å². The number of rotatable bonds is 3. The Morgan fingerprint density at radius 1 is 0.853 bits per heavy atom. The Labute approximate surface area is 197 Å². The average Bonchev–Trinajstić information content (AvgIpc) is 2.72. The quantitative estimate of drug-likeness (QED) is 0.266. The van der Waals surface area contributed by atoms with Gasteiger partial charge in [-0.1, -0.05) is 65.0 Å². The van der Waals surface area contributed by atoms with Crippen molar-refractivity contribution in [1.29, 1.82) is 0 Å². The van der Waals surface area contributed by atoms with Crippen LogP contribution in [0.4, 0.5) is 13.2 Å². The summed E-state index contributed by atoms with van der Waals surface area (Å²) < 4.78 is 47.4. The molecular weight excluding hydrogens is 435 g/mol. The molecule has 0 bridgehead atoms. The molecule has 1 aromatic heterocycles. The van der Waals surface area contributed by atoms with Crippen LogP contribution in [-0.2, 0) is 12.8 Å². The van der Waals surface area contributed by atoms with Crippen LogP contribution in [0.15, 0.2) is 54.7 Å². The van der Waals surface area contributed by atoms with Gasteiger partial charge < -0.3 is 4.74 Å². The van der Waals surface area contributed by atoms with Gasteiger partial charge in [-0.15, -0.1) is 0 Å². The number of halogens is 3. The molecule has 0 saturated heterocycles. The molecular formula is C29H28F3NO. The fraction of sp³-hybridized carbons (Fsp3) is 0.345. The van der Waals surface area contributed by atoms with Crippen molar-refractivity contribution in [2.24, 2.45) is 10.8 Å². The molecule has 176 valence electrons. The highest BCUT2D eigenvalue weighted by Gasteiger charge is 2.47. The minimum atomic E-state index is -4.30. The summed E-state index contributed by atoms with van der Waals surface area (Å²) in [4.78, 5) is 4.71. The zero-order valence-corrected chi connectivity index (χ0v) is 20.1. The van der Waals surface area contributed by atoms with Crippen LogP contribution in [0, 0.1) is 10.8 Å². The van der Waals surface area contributed by atoms with Crippen LogP contribution < -0.4 is 4.74 Å². The maximum Gasteiger partial charge on any atom is 0.394 e. The second-order valence-electron chi connectivity index (χ2n) is 11.2. The SMILES string of the molecule is CC(C)(C)Cc1c2c(cc3ccccc13)-c1nccc3cc(CC(C)(C)C(F)(F)F)cc(c13)O2. The lowest BCUT2D eigenvalue weighted by Crippen LogP contribution is -2.34. The molecule has 0 N–H and O–H groups in total. The van der Waals surface area contributed by atoms with E-state index in [4.69, 9.17) is 9.72 Å². The predicted molar refractivity (Wildman–Crippen MR) is 131 cm³/mol. The van der Waals surface area contributed by atoms with Gasteiger partial charge in [0.05, 0.1) is 16.5 Å². The number of nitrogens with zero attached hydrogens (tertiary/aromatic N) is 1. The summed E-state index contributed by atoms with van der Waals surface area (Å²) in [6, 6.07) is 15.8. The molecule has 0 fully saturated rings. The van der Waals surface area contributed by atoms with E-state index >= 15 is 0 Å². The molecule has 0 spiro atoms. The lowest BCUT2D eigenvalue weighted by molar-refractivity contribution is -0.211. The molecule has 1 aliphatic heterocycles. The first-order valence-electron chi connectivity index (χ1n) is 11.6. The Morgan fingerprint density at radius 2 is 1.59 bits per heavy atom. The molecule has 1 aliphatic rings. The van der Waals surface area contributed by atoms with Crippen LogP contribution in [0.1, 0.15) is 45.7 Å². The van der Waals surface area contributed by atoms with Crippen molar-refractivity contribution in [2.45, 2.75) is 53.6 Å². The molecule has 4 aromatic rings. The van der Waals surface area contributed by atoms with E-state index < -0.39 is 11.6 Å².